The Morgan fingerprint density at radius 3 is 2.45 bits per heavy atom. The number of hydrogen-bond acceptors (Lipinski definition) is 4. The lowest BCUT2D eigenvalue weighted by molar-refractivity contribution is -0.121. The van der Waals surface area contributed by atoms with Crippen LogP contribution in [0.3, 0.4) is 0 Å². The number of carbonyl (C=O) groups is 2. The van der Waals surface area contributed by atoms with E-state index in [0.29, 0.717) is 0 Å². The van der Waals surface area contributed by atoms with Crippen LogP contribution >= 0.6 is 11.8 Å². The van der Waals surface area contributed by atoms with Crippen molar-refractivity contribution in [1.82, 2.24) is 0 Å². The van der Waals surface area contributed by atoms with E-state index in [2.05, 4.69) is 10.3 Å². The zero-order valence-corrected chi connectivity index (χ0v) is 12.5. The first-order chi connectivity index (χ1) is 9.36. The zero-order chi connectivity index (χ0) is 14.9. The minimum atomic E-state index is -0.499. The maximum atomic E-state index is 12.0. The molecule has 20 heavy (non-hydrogen) atoms. The highest BCUT2D eigenvalue weighted by Crippen LogP contribution is 2.25. The van der Waals surface area contributed by atoms with Gasteiger partial charge in [-0.05, 0) is 31.9 Å². The third kappa shape index (κ3) is 3.19. The van der Waals surface area contributed by atoms with Gasteiger partial charge in [0.05, 0.1) is 0 Å². The normalized spacial score (nSPS) is 18.1. The number of aliphatic imine (C=N–C) groups is 1. The van der Waals surface area contributed by atoms with Crippen LogP contribution < -0.4 is 11.1 Å². The van der Waals surface area contributed by atoms with Crippen LogP contribution in [-0.4, -0.2) is 22.2 Å². The lowest BCUT2D eigenvalue weighted by atomic mass is 10.0. The number of amidine groups is 1. The molecule has 0 aromatic heterocycles. The minimum Gasteiger partial charge on any atom is -0.378 e. The predicted octanol–water partition coefficient (Wildman–Crippen LogP) is 1.90. The second-order valence-corrected chi connectivity index (χ2v) is 6.14. The van der Waals surface area contributed by atoms with Gasteiger partial charge in [0, 0.05) is 12.1 Å². The van der Waals surface area contributed by atoms with Crippen molar-refractivity contribution in [3.05, 3.63) is 28.8 Å². The number of rotatable bonds is 3. The lowest BCUT2D eigenvalue weighted by Gasteiger charge is -2.13. The maximum Gasteiger partial charge on any atom is 0.262 e. The molecule has 0 saturated carbocycles. The lowest BCUT2D eigenvalue weighted by Crippen LogP contribution is -2.22. The third-order valence-corrected chi connectivity index (χ3v) is 4.06. The molecule has 106 valence electrons. The van der Waals surface area contributed by atoms with Crippen LogP contribution in [0.4, 0.5) is 5.69 Å². The topological polar surface area (TPSA) is 84.6 Å². The van der Waals surface area contributed by atoms with E-state index in [-0.39, 0.29) is 23.4 Å². The summed E-state index contributed by atoms with van der Waals surface area (Å²) in [5.74, 6) is -0.532. The molecule has 0 radical (unpaired) electrons. The Balaban J connectivity index is 2.04. The Bertz CT molecular complexity index is 587. The maximum absolute atomic E-state index is 12.0. The van der Waals surface area contributed by atoms with Gasteiger partial charge in [-0.3, -0.25) is 9.59 Å². The molecule has 0 spiro atoms. The van der Waals surface area contributed by atoms with Gasteiger partial charge in [-0.2, -0.15) is 4.99 Å². The first-order valence-corrected chi connectivity index (χ1v) is 7.17. The van der Waals surface area contributed by atoms with Gasteiger partial charge in [0.25, 0.3) is 5.91 Å². The summed E-state index contributed by atoms with van der Waals surface area (Å²) in [7, 11) is 0. The second-order valence-electron chi connectivity index (χ2n) is 4.92. The molecule has 5 nitrogen and oxygen atoms in total. The van der Waals surface area contributed by atoms with Crippen LogP contribution in [0, 0.1) is 20.8 Å². The van der Waals surface area contributed by atoms with Gasteiger partial charge in [-0.15, -0.1) is 0 Å². The van der Waals surface area contributed by atoms with Gasteiger partial charge < -0.3 is 11.1 Å². The zero-order valence-electron chi connectivity index (χ0n) is 11.7. The molecule has 6 heteroatoms. The van der Waals surface area contributed by atoms with Gasteiger partial charge in [-0.25, -0.2) is 0 Å². The molecule has 1 aromatic carbocycles. The summed E-state index contributed by atoms with van der Waals surface area (Å²) < 4.78 is 0. The molecule has 0 fully saturated rings. The number of thioether (sulfide) groups is 1. The smallest absolute Gasteiger partial charge is 0.262 e. The quantitative estimate of drug-likeness (QED) is 0.890. The Morgan fingerprint density at radius 2 is 1.95 bits per heavy atom. The predicted molar refractivity (Wildman–Crippen MR) is 81.9 cm³/mol. The summed E-state index contributed by atoms with van der Waals surface area (Å²) in [4.78, 5) is 27.1. The van der Waals surface area contributed by atoms with E-state index in [0.717, 1.165) is 34.1 Å². The van der Waals surface area contributed by atoms with Crippen molar-refractivity contribution in [3.63, 3.8) is 0 Å². The molecular formula is C14H17N3O2S. The van der Waals surface area contributed by atoms with Gasteiger partial charge in [0.1, 0.15) is 5.25 Å². The van der Waals surface area contributed by atoms with E-state index in [1.807, 2.05) is 32.9 Å². The minimum absolute atomic E-state index is 0.0838. The van der Waals surface area contributed by atoms with Gasteiger partial charge in [0.2, 0.25) is 5.91 Å². The molecule has 2 rings (SSSR count). The number of nitrogens with two attached hydrogens (primary N) is 1. The van der Waals surface area contributed by atoms with Crippen molar-refractivity contribution >= 4 is 34.4 Å². The molecule has 1 heterocycles. The Hall–Kier alpha value is -1.82. The summed E-state index contributed by atoms with van der Waals surface area (Å²) in [5, 5.41) is 2.60. The van der Waals surface area contributed by atoms with E-state index in [4.69, 9.17) is 5.73 Å². The molecular weight excluding hydrogens is 274 g/mol. The molecule has 0 bridgehead atoms. The first kappa shape index (κ1) is 14.6. The number of anilines is 1. The average Bonchev–Trinajstić information content (AvgIpc) is 2.62. The number of amides is 2. The van der Waals surface area contributed by atoms with E-state index in [1.165, 1.54) is 0 Å². The van der Waals surface area contributed by atoms with Crippen molar-refractivity contribution in [1.29, 1.82) is 0 Å². The van der Waals surface area contributed by atoms with E-state index in [9.17, 15) is 9.59 Å². The van der Waals surface area contributed by atoms with E-state index >= 15 is 0 Å². The van der Waals surface area contributed by atoms with Crippen LogP contribution in [-0.2, 0) is 9.59 Å². The molecule has 0 aliphatic carbocycles. The Kier molecular flexibility index (Phi) is 4.13. The molecule has 0 saturated heterocycles. The highest BCUT2D eigenvalue weighted by atomic mass is 32.2. The van der Waals surface area contributed by atoms with Crippen molar-refractivity contribution in [2.75, 3.05) is 5.32 Å². The fraction of sp³-hybridized carbons (Fsp3) is 0.357. The Labute approximate surface area is 122 Å². The number of nitrogens with one attached hydrogen (secondary N) is 1. The fourth-order valence-electron chi connectivity index (χ4n) is 2.27. The second kappa shape index (κ2) is 5.66. The van der Waals surface area contributed by atoms with E-state index < -0.39 is 5.25 Å². The fourth-order valence-corrected chi connectivity index (χ4v) is 3.09. The number of benzene rings is 1. The number of hydrogen-bond donors (Lipinski definition) is 2. The summed E-state index contributed by atoms with van der Waals surface area (Å²) in [6, 6.07) is 4.03. The molecule has 1 aliphatic heterocycles. The number of nitrogens with zero attached hydrogens (tertiary/aromatic N) is 1. The monoisotopic (exact) mass is 291 g/mol. The van der Waals surface area contributed by atoms with Crippen molar-refractivity contribution in [2.45, 2.75) is 32.4 Å². The highest BCUT2D eigenvalue weighted by molar-refractivity contribution is 8.15. The summed E-state index contributed by atoms with van der Waals surface area (Å²) >= 11 is 1.14. The molecule has 0 unspecified atom stereocenters. The van der Waals surface area contributed by atoms with Crippen molar-refractivity contribution in [2.24, 2.45) is 10.7 Å². The Morgan fingerprint density at radius 1 is 1.35 bits per heavy atom. The molecule has 3 N–H and O–H groups in total. The van der Waals surface area contributed by atoms with Crippen molar-refractivity contribution in [3.8, 4) is 0 Å². The van der Waals surface area contributed by atoms with E-state index in [1.54, 1.807) is 0 Å². The van der Waals surface area contributed by atoms with Crippen LogP contribution in [0.1, 0.15) is 23.1 Å². The molecule has 2 amide bonds. The SMILES string of the molecule is Cc1cc(C)c(NC(=O)C[C@@H]2SC(N)=NC2=O)c(C)c1. The van der Waals surface area contributed by atoms with Crippen LogP contribution in [0.5, 0.6) is 0 Å². The third-order valence-electron chi connectivity index (χ3n) is 3.07. The average molecular weight is 291 g/mol. The molecule has 1 aromatic rings. The summed E-state index contributed by atoms with van der Waals surface area (Å²) in [5.41, 5.74) is 9.45. The van der Waals surface area contributed by atoms with Crippen LogP contribution in [0.2, 0.25) is 0 Å². The number of carbonyl (C=O) groups excluding carboxylic acids is 2. The van der Waals surface area contributed by atoms with Crippen LogP contribution in [0.15, 0.2) is 17.1 Å². The number of aryl methyl sites for hydroxylation is 3. The summed E-state index contributed by atoms with van der Waals surface area (Å²) in [6.45, 7) is 5.91. The summed E-state index contributed by atoms with van der Waals surface area (Å²) in [6.07, 6.45) is 0.0838. The van der Waals surface area contributed by atoms with Gasteiger partial charge in [-0.1, -0.05) is 29.5 Å². The molecule has 1 atom stereocenters. The van der Waals surface area contributed by atoms with Gasteiger partial charge in [0.15, 0.2) is 5.17 Å². The molecule has 1 aliphatic rings. The highest BCUT2D eigenvalue weighted by Gasteiger charge is 2.29. The van der Waals surface area contributed by atoms with Gasteiger partial charge >= 0.3 is 0 Å². The standard InChI is InChI=1S/C14H17N3O2S/c1-7-4-8(2)12(9(3)5-7)16-11(18)6-10-13(19)17-14(15)20-10/h4-5,10H,6H2,1-3H3,(H,16,18)(H2,15,17,19)/t10-/m0/s1. The van der Waals surface area contributed by atoms with Crippen LogP contribution in [0.25, 0.3) is 0 Å². The van der Waals surface area contributed by atoms with Crippen molar-refractivity contribution < 1.29 is 9.59 Å². The largest absolute Gasteiger partial charge is 0.378 e. The first-order valence-electron chi connectivity index (χ1n) is 6.29.